The first-order valence-corrected chi connectivity index (χ1v) is 7.69. The average Bonchev–Trinajstić information content (AvgIpc) is 2.25. The van der Waals surface area contributed by atoms with Gasteiger partial charge in [-0.05, 0) is 0 Å². The van der Waals surface area contributed by atoms with Crippen LogP contribution in [0.15, 0.2) is 0 Å². The molecule has 20 heavy (non-hydrogen) atoms. The van der Waals surface area contributed by atoms with Crippen LogP contribution in [-0.2, 0) is 33.9 Å². The summed E-state index contributed by atoms with van der Waals surface area (Å²) in [6.07, 6.45) is -7.28. The lowest BCUT2D eigenvalue weighted by molar-refractivity contribution is -0.239. The number of aliphatic hydroxyl groups is 2. The molecule has 0 aromatic carbocycles. The molecule has 1 unspecified atom stereocenters. The molecule has 1 aliphatic rings. The smallest absolute Gasteiger partial charge is 0.394 e. The molecule has 14 heteroatoms. The van der Waals surface area contributed by atoms with Crippen molar-refractivity contribution in [3.63, 3.8) is 0 Å². The molecule has 120 valence electrons. The van der Waals surface area contributed by atoms with Crippen LogP contribution in [0.4, 0.5) is 0 Å². The van der Waals surface area contributed by atoms with Gasteiger partial charge in [0.05, 0.1) is 12.6 Å². The fourth-order valence-corrected chi connectivity index (χ4v) is 2.64. The van der Waals surface area contributed by atoms with E-state index in [0.717, 1.165) is 0 Å². The largest absolute Gasteiger partial charge is 0.397 e. The molecule has 0 saturated carbocycles. The minimum absolute atomic E-state index is 0.921. The van der Waals surface area contributed by atoms with Crippen LogP contribution in [0.2, 0.25) is 0 Å². The zero-order valence-electron chi connectivity index (χ0n) is 9.63. The second kappa shape index (κ2) is 6.14. The zero-order valence-corrected chi connectivity index (χ0v) is 11.3. The lowest BCUT2D eigenvalue weighted by Crippen LogP contribution is -2.64. The molecule has 12 nitrogen and oxygen atoms in total. The minimum atomic E-state index is -5.08. The molecule has 0 aromatic heterocycles. The Labute approximate surface area is 114 Å². The van der Waals surface area contributed by atoms with E-state index in [4.69, 9.17) is 19.9 Å². The number of hydrogen-bond donors (Lipinski definition) is 5. The summed E-state index contributed by atoms with van der Waals surface area (Å²) >= 11 is 0. The minimum Gasteiger partial charge on any atom is -0.394 e. The number of ether oxygens (including phenoxy) is 1. The molecule has 5 atom stereocenters. The molecule has 1 aliphatic heterocycles. The summed E-state index contributed by atoms with van der Waals surface area (Å²) in [7, 11) is -10.2. The summed E-state index contributed by atoms with van der Waals surface area (Å²) in [5.41, 5.74) is 5.34. The van der Waals surface area contributed by atoms with Gasteiger partial charge >= 0.3 is 20.8 Å². The molecule has 0 amide bonds. The molecule has 1 heterocycles. The number of nitrogens with two attached hydrogens (primary N) is 1. The van der Waals surface area contributed by atoms with E-state index in [1.165, 1.54) is 0 Å². The van der Waals surface area contributed by atoms with E-state index in [2.05, 4.69) is 13.1 Å². The molecule has 6 N–H and O–H groups in total. The SMILES string of the molecule is N[C@H]1C(O)O[C@H](CO)[C@H](OS(=O)(=O)O)[C@@H]1OS(=O)(=O)O. The first kappa shape index (κ1) is 17.6. The van der Waals surface area contributed by atoms with Crippen LogP contribution in [0.25, 0.3) is 0 Å². The zero-order chi connectivity index (χ0) is 15.7. The van der Waals surface area contributed by atoms with Crippen molar-refractivity contribution in [1.82, 2.24) is 0 Å². The third kappa shape index (κ3) is 4.85. The van der Waals surface area contributed by atoms with E-state index in [-0.39, 0.29) is 0 Å². The van der Waals surface area contributed by atoms with Crippen molar-refractivity contribution in [2.75, 3.05) is 6.61 Å². The van der Waals surface area contributed by atoms with Gasteiger partial charge in [0.15, 0.2) is 6.29 Å². The van der Waals surface area contributed by atoms with Crippen LogP contribution in [-0.4, -0.2) is 73.4 Å². The summed E-state index contributed by atoms with van der Waals surface area (Å²) in [5.74, 6) is 0. The van der Waals surface area contributed by atoms with Crippen molar-refractivity contribution in [2.45, 2.75) is 30.6 Å². The van der Waals surface area contributed by atoms with E-state index >= 15 is 0 Å². The Morgan fingerprint density at radius 3 is 1.90 bits per heavy atom. The molecule has 0 spiro atoms. The number of hydrogen-bond acceptors (Lipinski definition) is 10. The van der Waals surface area contributed by atoms with E-state index < -0.39 is 58.0 Å². The topological polar surface area (TPSA) is 203 Å². The van der Waals surface area contributed by atoms with Gasteiger partial charge in [0.25, 0.3) is 0 Å². The monoisotopic (exact) mass is 339 g/mol. The van der Waals surface area contributed by atoms with Gasteiger partial charge in [-0.15, -0.1) is 0 Å². The summed E-state index contributed by atoms with van der Waals surface area (Å²) in [6.45, 7) is -0.921. The Morgan fingerprint density at radius 1 is 1.05 bits per heavy atom. The Morgan fingerprint density at radius 2 is 1.50 bits per heavy atom. The van der Waals surface area contributed by atoms with Crippen LogP contribution >= 0.6 is 0 Å². The van der Waals surface area contributed by atoms with Gasteiger partial charge < -0.3 is 20.7 Å². The molecular weight excluding hydrogens is 326 g/mol. The van der Waals surface area contributed by atoms with Gasteiger partial charge in [0.1, 0.15) is 18.3 Å². The third-order valence-electron chi connectivity index (χ3n) is 2.36. The van der Waals surface area contributed by atoms with Gasteiger partial charge in [-0.25, -0.2) is 8.37 Å². The maximum absolute atomic E-state index is 10.7. The summed E-state index contributed by atoms with van der Waals surface area (Å²) < 4.78 is 72.8. The van der Waals surface area contributed by atoms with Crippen LogP contribution in [0, 0.1) is 0 Å². The second-order valence-electron chi connectivity index (χ2n) is 3.80. The first-order chi connectivity index (χ1) is 8.94. The van der Waals surface area contributed by atoms with Crippen LogP contribution in [0.1, 0.15) is 0 Å². The quantitative estimate of drug-likeness (QED) is 0.308. The highest BCUT2D eigenvalue weighted by Crippen LogP contribution is 2.25. The Hall–Kier alpha value is -0.420. The lowest BCUT2D eigenvalue weighted by atomic mass is 9.98. The predicted octanol–water partition coefficient (Wildman–Crippen LogP) is -3.60. The number of rotatable bonds is 5. The second-order valence-corrected chi connectivity index (χ2v) is 5.90. The van der Waals surface area contributed by atoms with Gasteiger partial charge in [-0.3, -0.25) is 9.11 Å². The highest BCUT2D eigenvalue weighted by Gasteiger charge is 2.49. The third-order valence-corrected chi connectivity index (χ3v) is 3.29. The maximum atomic E-state index is 10.7. The van der Waals surface area contributed by atoms with Gasteiger partial charge in [0.2, 0.25) is 0 Å². The predicted molar refractivity (Wildman–Crippen MR) is 58.8 cm³/mol. The Kier molecular flexibility index (Phi) is 5.41. The molecule has 1 fully saturated rings. The summed E-state index contributed by atoms with van der Waals surface area (Å²) in [5, 5.41) is 18.4. The standard InChI is InChI=1S/C6H13NO11S2/c7-3-5(18-20(13,14)15)4(17-19(10,11)12)2(1-8)16-6(3)9/h2-6,8-9H,1,7H2,(H,10,11,12)(H,13,14,15)/t2-,3-,4+,5-,6?/m1/s1. The summed E-state index contributed by atoms with van der Waals surface area (Å²) in [6, 6.07) is -1.65. The fraction of sp³-hybridized carbons (Fsp3) is 1.00. The van der Waals surface area contributed by atoms with E-state index in [1.54, 1.807) is 0 Å². The molecule has 1 rings (SSSR count). The highest BCUT2D eigenvalue weighted by atomic mass is 32.3. The fourth-order valence-electron chi connectivity index (χ4n) is 1.60. The van der Waals surface area contributed by atoms with Crippen molar-refractivity contribution < 1.29 is 49.3 Å². The average molecular weight is 339 g/mol. The number of aliphatic hydroxyl groups excluding tert-OH is 2. The van der Waals surface area contributed by atoms with Gasteiger partial charge in [0, 0.05) is 0 Å². The molecule has 0 aliphatic carbocycles. The molecule has 1 saturated heterocycles. The van der Waals surface area contributed by atoms with E-state index in [9.17, 15) is 21.9 Å². The van der Waals surface area contributed by atoms with Crippen LogP contribution in [0.5, 0.6) is 0 Å². The van der Waals surface area contributed by atoms with Crippen molar-refractivity contribution >= 4 is 20.8 Å². The van der Waals surface area contributed by atoms with Crippen molar-refractivity contribution in [2.24, 2.45) is 5.73 Å². The normalized spacial score (nSPS) is 36.0. The van der Waals surface area contributed by atoms with Crippen molar-refractivity contribution in [1.29, 1.82) is 0 Å². The highest BCUT2D eigenvalue weighted by molar-refractivity contribution is 7.81. The maximum Gasteiger partial charge on any atom is 0.397 e. The van der Waals surface area contributed by atoms with Gasteiger partial charge in [-0.2, -0.15) is 16.8 Å². The van der Waals surface area contributed by atoms with Gasteiger partial charge in [-0.1, -0.05) is 0 Å². The van der Waals surface area contributed by atoms with Crippen molar-refractivity contribution in [3.05, 3.63) is 0 Å². The van der Waals surface area contributed by atoms with Crippen LogP contribution in [0.3, 0.4) is 0 Å². The molecular formula is C6H13NO11S2. The van der Waals surface area contributed by atoms with Crippen LogP contribution < -0.4 is 5.73 Å². The Balaban J connectivity index is 3.12. The van der Waals surface area contributed by atoms with E-state index in [1.807, 2.05) is 0 Å². The summed E-state index contributed by atoms with van der Waals surface area (Å²) in [4.78, 5) is 0. The molecule has 0 radical (unpaired) electrons. The molecule has 0 bridgehead atoms. The van der Waals surface area contributed by atoms with Crippen molar-refractivity contribution in [3.8, 4) is 0 Å². The first-order valence-electron chi connectivity index (χ1n) is 4.96. The Bertz CT molecular complexity index is 495. The van der Waals surface area contributed by atoms with E-state index in [0.29, 0.717) is 0 Å². The molecule has 0 aromatic rings. The lowest BCUT2D eigenvalue weighted by Gasteiger charge is -2.40.